The molecule has 0 amide bonds. The van der Waals surface area contributed by atoms with Crippen LogP contribution >= 0.6 is 0 Å². The van der Waals surface area contributed by atoms with Crippen molar-refractivity contribution < 1.29 is 4.74 Å². The van der Waals surface area contributed by atoms with Crippen molar-refractivity contribution >= 4 is 0 Å². The van der Waals surface area contributed by atoms with Gasteiger partial charge < -0.3 is 10.5 Å². The van der Waals surface area contributed by atoms with Crippen molar-refractivity contribution in [3.05, 3.63) is 0 Å². The summed E-state index contributed by atoms with van der Waals surface area (Å²) in [7, 11) is 0. The Bertz CT molecular complexity index is 171. The summed E-state index contributed by atoms with van der Waals surface area (Å²) in [4.78, 5) is 0. The Morgan fingerprint density at radius 2 is 1.80 bits per heavy atom. The van der Waals surface area contributed by atoms with E-state index in [1.807, 2.05) is 0 Å². The molecule has 2 fully saturated rings. The molecule has 0 aromatic rings. The first-order valence-corrected chi connectivity index (χ1v) is 6.72. The van der Waals surface area contributed by atoms with Crippen LogP contribution in [0.25, 0.3) is 0 Å². The van der Waals surface area contributed by atoms with Gasteiger partial charge in [-0.15, -0.1) is 0 Å². The highest BCUT2D eigenvalue weighted by atomic mass is 16.5. The summed E-state index contributed by atoms with van der Waals surface area (Å²) in [6, 6.07) is 0.385. The molecule has 15 heavy (non-hydrogen) atoms. The quantitative estimate of drug-likeness (QED) is 0.776. The zero-order valence-electron chi connectivity index (χ0n) is 9.79. The molecular weight excluding hydrogens is 186 g/mol. The molecule has 2 nitrogen and oxygen atoms in total. The Balaban J connectivity index is 1.64. The highest BCUT2D eigenvalue weighted by molar-refractivity contribution is 4.76. The fourth-order valence-electron chi connectivity index (χ4n) is 3.12. The molecule has 1 aliphatic carbocycles. The number of ether oxygens (including phenoxy) is 1. The molecule has 2 aliphatic rings. The van der Waals surface area contributed by atoms with E-state index in [-0.39, 0.29) is 0 Å². The summed E-state index contributed by atoms with van der Waals surface area (Å²) in [5.74, 6) is 0.912. The molecule has 88 valence electrons. The van der Waals surface area contributed by atoms with Crippen molar-refractivity contribution in [1.82, 2.24) is 0 Å². The highest BCUT2D eigenvalue weighted by Gasteiger charge is 2.22. The van der Waals surface area contributed by atoms with E-state index in [4.69, 9.17) is 10.5 Å². The molecule has 0 bridgehead atoms. The molecule has 1 saturated carbocycles. The van der Waals surface area contributed by atoms with Crippen molar-refractivity contribution in [3.63, 3.8) is 0 Å². The second kappa shape index (κ2) is 5.86. The third-order valence-corrected chi connectivity index (χ3v) is 3.95. The van der Waals surface area contributed by atoms with Crippen LogP contribution in [0.2, 0.25) is 0 Å². The van der Waals surface area contributed by atoms with E-state index in [1.165, 1.54) is 51.4 Å². The van der Waals surface area contributed by atoms with E-state index in [0.29, 0.717) is 12.1 Å². The van der Waals surface area contributed by atoms with E-state index in [2.05, 4.69) is 0 Å². The number of hydrogen-bond acceptors (Lipinski definition) is 2. The lowest BCUT2D eigenvalue weighted by molar-refractivity contribution is 0.0949. The Morgan fingerprint density at radius 1 is 1.00 bits per heavy atom. The first-order valence-electron chi connectivity index (χ1n) is 6.72. The Kier molecular flexibility index (Phi) is 4.45. The fraction of sp³-hybridized carbons (Fsp3) is 1.00. The molecule has 2 atom stereocenters. The maximum atomic E-state index is 6.20. The minimum absolute atomic E-state index is 0.385. The van der Waals surface area contributed by atoms with Gasteiger partial charge in [0.2, 0.25) is 0 Å². The topological polar surface area (TPSA) is 35.2 Å². The molecular formula is C13H25NO. The number of rotatable bonds is 4. The molecule has 1 aliphatic heterocycles. The normalized spacial score (nSPS) is 30.6. The van der Waals surface area contributed by atoms with Gasteiger partial charge in [-0.1, -0.05) is 32.1 Å². The molecule has 1 saturated heterocycles. The monoisotopic (exact) mass is 211 g/mol. The van der Waals surface area contributed by atoms with Gasteiger partial charge in [0.15, 0.2) is 0 Å². The molecule has 0 radical (unpaired) electrons. The van der Waals surface area contributed by atoms with Crippen LogP contribution in [0, 0.1) is 5.92 Å². The van der Waals surface area contributed by atoms with Gasteiger partial charge in [-0.25, -0.2) is 0 Å². The Morgan fingerprint density at radius 3 is 2.47 bits per heavy atom. The fourth-order valence-corrected chi connectivity index (χ4v) is 3.12. The van der Waals surface area contributed by atoms with Crippen LogP contribution in [-0.4, -0.2) is 18.8 Å². The summed E-state index contributed by atoms with van der Waals surface area (Å²) >= 11 is 0. The van der Waals surface area contributed by atoms with Crippen molar-refractivity contribution in [2.45, 2.75) is 69.9 Å². The van der Waals surface area contributed by atoms with E-state index in [9.17, 15) is 0 Å². The van der Waals surface area contributed by atoms with Crippen LogP contribution in [0.1, 0.15) is 57.8 Å². The lowest BCUT2D eigenvalue weighted by atomic mass is 9.84. The van der Waals surface area contributed by atoms with Crippen LogP contribution < -0.4 is 5.73 Å². The van der Waals surface area contributed by atoms with Gasteiger partial charge in [0.25, 0.3) is 0 Å². The number of nitrogens with two attached hydrogens (primary N) is 1. The molecule has 2 heteroatoms. The molecule has 0 spiro atoms. The average molecular weight is 211 g/mol. The largest absolute Gasteiger partial charge is 0.378 e. The smallest absolute Gasteiger partial charge is 0.0590 e. The minimum atomic E-state index is 0.385. The summed E-state index contributed by atoms with van der Waals surface area (Å²) in [6.07, 6.45) is 12.4. The summed E-state index contributed by atoms with van der Waals surface area (Å²) in [5.41, 5.74) is 6.20. The Hall–Kier alpha value is -0.0800. The first kappa shape index (κ1) is 11.4. The van der Waals surface area contributed by atoms with E-state index < -0.39 is 0 Å². The summed E-state index contributed by atoms with van der Waals surface area (Å²) in [6.45, 7) is 0.959. The van der Waals surface area contributed by atoms with Crippen molar-refractivity contribution in [2.75, 3.05) is 6.61 Å². The molecule has 2 unspecified atom stereocenters. The summed E-state index contributed by atoms with van der Waals surface area (Å²) in [5, 5.41) is 0. The van der Waals surface area contributed by atoms with E-state index in [0.717, 1.165) is 18.9 Å². The van der Waals surface area contributed by atoms with Gasteiger partial charge >= 0.3 is 0 Å². The third kappa shape index (κ3) is 3.76. The van der Waals surface area contributed by atoms with Gasteiger partial charge in [-0.2, -0.15) is 0 Å². The van der Waals surface area contributed by atoms with Gasteiger partial charge in [0.05, 0.1) is 6.10 Å². The van der Waals surface area contributed by atoms with Crippen LogP contribution in [0.4, 0.5) is 0 Å². The van der Waals surface area contributed by atoms with Gasteiger partial charge in [0, 0.05) is 12.6 Å². The highest BCUT2D eigenvalue weighted by Crippen LogP contribution is 2.28. The van der Waals surface area contributed by atoms with Crippen molar-refractivity contribution in [1.29, 1.82) is 0 Å². The van der Waals surface area contributed by atoms with Gasteiger partial charge in [-0.05, 0) is 31.6 Å². The predicted molar refractivity (Wildman–Crippen MR) is 62.8 cm³/mol. The second-order valence-electron chi connectivity index (χ2n) is 5.37. The Labute approximate surface area is 93.6 Å². The zero-order valence-corrected chi connectivity index (χ0v) is 9.79. The van der Waals surface area contributed by atoms with E-state index >= 15 is 0 Å². The lowest BCUT2D eigenvalue weighted by Crippen LogP contribution is -2.29. The van der Waals surface area contributed by atoms with Crippen LogP contribution in [0.5, 0.6) is 0 Å². The van der Waals surface area contributed by atoms with Crippen LogP contribution in [0.3, 0.4) is 0 Å². The van der Waals surface area contributed by atoms with Crippen molar-refractivity contribution in [3.8, 4) is 0 Å². The third-order valence-electron chi connectivity index (χ3n) is 3.95. The zero-order chi connectivity index (χ0) is 10.5. The predicted octanol–water partition coefficient (Wildman–Crippen LogP) is 2.85. The minimum Gasteiger partial charge on any atom is -0.378 e. The second-order valence-corrected chi connectivity index (χ2v) is 5.37. The molecule has 2 rings (SSSR count). The van der Waals surface area contributed by atoms with Crippen LogP contribution in [-0.2, 0) is 4.74 Å². The maximum absolute atomic E-state index is 6.20. The number of hydrogen-bond donors (Lipinski definition) is 1. The standard InChI is InChI=1S/C13H25NO/c14-12(10-13-7-4-8-15-13)9-11-5-2-1-3-6-11/h11-13H,1-10,14H2. The average Bonchev–Trinajstić information content (AvgIpc) is 2.71. The van der Waals surface area contributed by atoms with E-state index in [1.54, 1.807) is 0 Å². The SMILES string of the molecule is NC(CC1CCCCC1)CC1CCCO1. The van der Waals surface area contributed by atoms with Gasteiger partial charge in [0.1, 0.15) is 0 Å². The molecule has 0 aromatic heterocycles. The maximum Gasteiger partial charge on any atom is 0.0590 e. The molecule has 0 aromatic carbocycles. The summed E-state index contributed by atoms with van der Waals surface area (Å²) < 4.78 is 5.63. The van der Waals surface area contributed by atoms with Crippen LogP contribution in [0.15, 0.2) is 0 Å². The van der Waals surface area contributed by atoms with Crippen molar-refractivity contribution in [2.24, 2.45) is 11.7 Å². The lowest BCUT2D eigenvalue weighted by Gasteiger charge is -2.25. The molecule has 1 heterocycles. The van der Waals surface area contributed by atoms with Gasteiger partial charge in [-0.3, -0.25) is 0 Å². The molecule has 2 N–H and O–H groups in total. The first-order chi connectivity index (χ1) is 7.34.